The number of carbonyl (C=O) groups is 2. The van der Waals surface area contributed by atoms with Crippen LogP contribution >= 0.6 is 0 Å². The number of nitrogens with one attached hydrogen (secondary N) is 4. The smallest absolute Gasteiger partial charge is 0.251 e. The monoisotopic (exact) mass is 483 g/mol. The first-order chi connectivity index (χ1) is 16.1. The van der Waals surface area contributed by atoms with Crippen molar-refractivity contribution in [2.75, 3.05) is 10.6 Å². The number of aryl methyl sites for hydroxylation is 1. The van der Waals surface area contributed by atoms with E-state index in [2.05, 4.69) is 25.3 Å². The molecule has 10 nitrogen and oxygen atoms in total. The van der Waals surface area contributed by atoms with E-state index in [-0.39, 0.29) is 16.4 Å². The molecule has 178 valence electrons. The van der Waals surface area contributed by atoms with Crippen molar-refractivity contribution in [3.8, 4) is 11.4 Å². The van der Waals surface area contributed by atoms with E-state index in [1.54, 1.807) is 24.3 Å². The number of aromatic nitrogens is 2. The summed E-state index contributed by atoms with van der Waals surface area (Å²) in [5.41, 5.74) is 1.83. The molecule has 34 heavy (non-hydrogen) atoms. The summed E-state index contributed by atoms with van der Waals surface area (Å²) < 4.78 is 27.6. The summed E-state index contributed by atoms with van der Waals surface area (Å²) in [5, 5.41) is 5.22. The molecular formula is C23H25N5O5S. The summed E-state index contributed by atoms with van der Waals surface area (Å²) >= 11 is 0. The van der Waals surface area contributed by atoms with Gasteiger partial charge < -0.3 is 15.6 Å². The molecule has 0 fully saturated rings. The van der Waals surface area contributed by atoms with E-state index in [9.17, 15) is 22.8 Å². The number of sulfonamides is 1. The van der Waals surface area contributed by atoms with Crippen molar-refractivity contribution in [1.29, 1.82) is 0 Å². The largest absolute Gasteiger partial charge is 0.326 e. The van der Waals surface area contributed by atoms with Crippen LogP contribution in [0.25, 0.3) is 11.4 Å². The summed E-state index contributed by atoms with van der Waals surface area (Å²) in [4.78, 5) is 42.6. The van der Waals surface area contributed by atoms with Crippen LogP contribution < -0.4 is 20.9 Å². The Kier molecular flexibility index (Phi) is 7.59. The number of H-pyrrole nitrogens is 1. The fraction of sp³-hybridized carbons (Fsp3) is 0.217. The summed E-state index contributed by atoms with van der Waals surface area (Å²) in [5.74, 6) is -0.473. The minimum absolute atomic E-state index is 0.0471. The van der Waals surface area contributed by atoms with Crippen LogP contribution in [0.2, 0.25) is 0 Å². The molecule has 1 heterocycles. The minimum Gasteiger partial charge on any atom is -0.326 e. The average molecular weight is 484 g/mol. The number of aromatic amines is 1. The molecule has 0 bridgehead atoms. The van der Waals surface area contributed by atoms with E-state index in [4.69, 9.17) is 0 Å². The van der Waals surface area contributed by atoms with Gasteiger partial charge in [-0.15, -0.1) is 0 Å². The minimum atomic E-state index is -3.98. The highest BCUT2D eigenvalue weighted by molar-refractivity contribution is 7.89. The second-order valence-electron chi connectivity index (χ2n) is 7.56. The molecule has 2 aromatic carbocycles. The molecule has 2 amide bonds. The highest BCUT2D eigenvalue weighted by atomic mass is 32.2. The summed E-state index contributed by atoms with van der Waals surface area (Å²) in [6.45, 7) is 4.66. The number of nitrogens with zero attached hydrogens (tertiary/aromatic N) is 1. The van der Waals surface area contributed by atoms with Crippen molar-refractivity contribution in [2.24, 2.45) is 0 Å². The molecular weight excluding hydrogens is 458 g/mol. The predicted molar refractivity (Wildman–Crippen MR) is 129 cm³/mol. The van der Waals surface area contributed by atoms with Crippen LogP contribution in [0.15, 0.2) is 64.3 Å². The molecule has 4 N–H and O–H groups in total. The van der Waals surface area contributed by atoms with Gasteiger partial charge in [0, 0.05) is 35.6 Å². The quantitative estimate of drug-likeness (QED) is 0.386. The molecule has 3 aromatic rings. The highest BCUT2D eigenvalue weighted by Crippen LogP contribution is 2.20. The maximum Gasteiger partial charge on any atom is 0.251 e. The number of anilines is 2. The molecule has 3 rings (SSSR count). The van der Waals surface area contributed by atoms with E-state index in [1.807, 2.05) is 6.92 Å². The van der Waals surface area contributed by atoms with Crippen LogP contribution in [0.1, 0.15) is 26.5 Å². The molecule has 0 saturated carbocycles. The number of hydrogen-bond acceptors (Lipinski definition) is 6. The third-order valence-corrected chi connectivity index (χ3v) is 6.33. The lowest BCUT2D eigenvalue weighted by atomic mass is 10.1. The number of rotatable bonds is 8. The van der Waals surface area contributed by atoms with Gasteiger partial charge >= 0.3 is 0 Å². The van der Waals surface area contributed by atoms with Gasteiger partial charge in [-0.2, -0.15) is 4.72 Å². The molecule has 0 aliphatic rings. The molecule has 0 saturated heterocycles. The molecule has 0 spiro atoms. The fourth-order valence-corrected chi connectivity index (χ4v) is 4.30. The average Bonchev–Trinajstić information content (AvgIpc) is 2.78. The normalized spacial score (nSPS) is 12.1. The molecule has 0 aliphatic carbocycles. The lowest BCUT2D eigenvalue weighted by molar-refractivity contribution is -0.117. The van der Waals surface area contributed by atoms with Crippen LogP contribution in [0, 0.1) is 0 Å². The zero-order chi connectivity index (χ0) is 24.9. The Labute approximate surface area is 196 Å². The summed E-state index contributed by atoms with van der Waals surface area (Å²) in [6, 6.07) is 12.6. The van der Waals surface area contributed by atoms with Gasteiger partial charge in [0.25, 0.3) is 5.56 Å². The molecule has 11 heteroatoms. The Hall–Kier alpha value is -3.83. The van der Waals surface area contributed by atoms with Crippen LogP contribution in [0.5, 0.6) is 0 Å². The van der Waals surface area contributed by atoms with E-state index in [0.717, 1.165) is 0 Å². The number of hydrogen-bond donors (Lipinski definition) is 4. The Balaban J connectivity index is 1.71. The van der Waals surface area contributed by atoms with Crippen molar-refractivity contribution in [1.82, 2.24) is 14.7 Å². The Morgan fingerprint density at radius 2 is 1.74 bits per heavy atom. The van der Waals surface area contributed by atoms with Crippen molar-refractivity contribution in [3.05, 3.63) is 70.6 Å². The number of carbonyl (C=O) groups excluding carboxylic acids is 2. The first-order valence-corrected chi connectivity index (χ1v) is 12.0. The van der Waals surface area contributed by atoms with Crippen molar-refractivity contribution >= 4 is 33.2 Å². The Morgan fingerprint density at radius 1 is 1.03 bits per heavy atom. The number of amides is 2. The zero-order valence-corrected chi connectivity index (χ0v) is 19.7. The van der Waals surface area contributed by atoms with Gasteiger partial charge in [-0.3, -0.25) is 14.4 Å². The Morgan fingerprint density at radius 3 is 2.38 bits per heavy atom. The topological polar surface area (TPSA) is 150 Å². The predicted octanol–water partition coefficient (Wildman–Crippen LogP) is 2.26. The van der Waals surface area contributed by atoms with Gasteiger partial charge in [0.15, 0.2) is 0 Å². The highest BCUT2D eigenvalue weighted by Gasteiger charge is 2.22. The Bertz CT molecular complexity index is 1370. The maximum absolute atomic E-state index is 12.6. The lowest BCUT2D eigenvalue weighted by Gasteiger charge is -2.15. The molecule has 1 aromatic heterocycles. The van der Waals surface area contributed by atoms with E-state index in [1.165, 1.54) is 44.2 Å². The second kappa shape index (κ2) is 10.4. The van der Waals surface area contributed by atoms with Crippen molar-refractivity contribution in [3.63, 3.8) is 0 Å². The van der Waals surface area contributed by atoms with Crippen molar-refractivity contribution < 1.29 is 18.0 Å². The van der Waals surface area contributed by atoms with E-state index < -0.39 is 22.0 Å². The standard InChI is InChI=1S/C23H25N5O5S/c1-4-17-13-21(30)27-22(25-17)16-6-5-7-19(12-16)26-23(31)14(2)28-34(32,33)20-10-8-18(9-11-20)24-15(3)29/h5-14,28H,4H2,1-3H3,(H,24,29)(H,26,31)(H,25,27,30)/t14-/m0/s1. The molecule has 0 radical (unpaired) electrons. The van der Waals surface area contributed by atoms with Crippen LogP contribution in [-0.2, 0) is 26.0 Å². The fourth-order valence-electron chi connectivity index (χ4n) is 3.10. The molecule has 0 unspecified atom stereocenters. The third kappa shape index (κ3) is 6.36. The van der Waals surface area contributed by atoms with Gasteiger partial charge in [0.1, 0.15) is 5.82 Å². The molecule has 1 atom stereocenters. The third-order valence-electron chi connectivity index (χ3n) is 4.77. The van der Waals surface area contributed by atoms with Gasteiger partial charge in [-0.05, 0) is 49.7 Å². The van der Waals surface area contributed by atoms with Gasteiger partial charge in [-0.1, -0.05) is 19.1 Å². The van der Waals surface area contributed by atoms with E-state index in [0.29, 0.717) is 34.9 Å². The van der Waals surface area contributed by atoms with Gasteiger partial charge in [-0.25, -0.2) is 13.4 Å². The van der Waals surface area contributed by atoms with Crippen LogP contribution in [0.3, 0.4) is 0 Å². The van der Waals surface area contributed by atoms with Crippen LogP contribution in [0.4, 0.5) is 11.4 Å². The molecule has 0 aliphatic heterocycles. The zero-order valence-electron chi connectivity index (χ0n) is 18.9. The van der Waals surface area contributed by atoms with Crippen LogP contribution in [-0.4, -0.2) is 36.2 Å². The van der Waals surface area contributed by atoms with Gasteiger partial charge in [0.05, 0.1) is 10.9 Å². The maximum atomic E-state index is 12.6. The first-order valence-electron chi connectivity index (χ1n) is 10.5. The first kappa shape index (κ1) is 24.8. The second-order valence-corrected chi connectivity index (χ2v) is 9.27. The van der Waals surface area contributed by atoms with Crippen molar-refractivity contribution in [2.45, 2.75) is 38.1 Å². The SMILES string of the molecule is CCc1cc(=O)[nH]c(-c2cccc(NC(=O)[C@H](C)NS(=O)(=O)c3ccc(NC(C)=O)cc3)c2)n1. The summed E-state index contributed by atoms with van der Waals surface area (Å²) in [6.07, 6.45) is 0.598. The van der Waals surface area contributed by atoms with Gasteiger partial charge in [0.2, 0.25) is 21.8 Å². The summed E-state index contributed by atoms with van der Waals surface area (Å²) in [7, 11) is -3.98. The number of benzene rings is 2. The van der Waals surface area contributed by atoms with E-state index >= 15 is 0 Å². The lowest BCUT2D eigenvalue weighted by Crippen LogP contribution is -2.41.